The fourth-order valence-corrected chi connectivity index (χ4v) is 2.57. The molecule has 2 rings (SSSR count). The number of hydrogen-bond donors (Lipinski definition) is 1. The number of carbonyl (C=O) groups is 1. The number of carbonyl (C=O) groups excluding carboxylic acids is 1. The Kier molecular flexibility index (Phi) is 5.99. The van der Waals surface area contributed by atoms with E-state index in [1.807, 2.05) is 18.3 Å². The highest BCUT2D eigenvalue weighted by Gasteiger charge is 2.03. The smallest absolute Gasteiger partial charge is 0.220 e. The maximum absolute atomic E-state index is 11.6. The van der Waals surface area contributed by atoms with Gasteiger partial charge >= 0.3 is 0 Å². The lowest BCUT2D eigenvalue weighted by atomic mass is 10.1. The quantitative estimate of drug-likeness (QED) is 0.622. The first-order chi connectivity index (χ1) is 9.81. The second kappa shape index (κ2) is 8.00. The summed E-state index contributed by atoms with van der Waals surface area (Å²) in [6.45, 7) is 0.669. The van der Waals surface area contributed by atoms with Crippen molar-refractivity contribution in [2.45, 2.75) is 25.7 Å². The molecule has 0 saturated heterocycles. The number of unbranched alkanes of at least 4 members (excludes halogenated alkanes) is 1. The van der Waals surface area contributed by atoms with Crippen molar-refractivity contribution in [1.29, 1.82) is 0 Å². The molecule has 0 fully saturated rings. The van der Waals surface area contributed by atoms with Crippen molar-refractivity contribution in [3.05, 3.63) is 42.1 Å². The van der Waals surface area contributed by atoms with E-state index in [1.54, 1.807) is 0 Å². The fraction of sp³-hybridized carbons (Fsp3) is 0.375. The topological polar surface area (TPSA) is 42.0 Å². The van der Waals surface area contributed by atoms with E-state index in [0.717, 1.165) is 35.5 Å². The van der Waals surface area contributed by atoms with Crippen LogP contribution in [0.5, 0.6) is 0 Å². The third-order valence-electron chi connectivity index (χ3n) is 3.22. The van der Waals surface area contributed by atoms with E-state index in [1.165, 1.54) is 5.56 Å². The molecule has 4 heteroatoms. The number of fused-ring (bicyclic) bond motifs is 1. The molecule has 1 N–H and O–H groups in total. The highest BCUT2D eigenvalue weighted by molar-refractivity contribution is 9.09. The van der Waals surface area contributed by atoms with Gasteiger partial charge in [-0.1, -0.05) is 40.2 Å². The van der Waals surface area contributed by atoms with Crippen molar-refractivity contribution < 1.29 is 4.79 Å². The Labute approximate surface area is 127 Å². The number of nitrogens with zero attached hydrogens (tertiary/aromatic N) is 1. The minimum absolute atomic E-state index is 0.138. The van der Waals surface area contributed by atoms with E-state index in [9.17, 15) is 4.79 Å². The van der Waals surface area contributed by atoms with Gasteiger partial charge in [0.2, 0.25) is 5.91 Å². The summed E-state index contributed by atoms with van der Waals surface area (Å²) in [5, 5.41) is 5.08. The minimum atomic E-state index is 0.138. The third-order valence-corrected chi connectivity index (χ3v) is 3.78. The molecule has 0 aliphatic rings. The van der Waals surface area contributed by atoms with Gasteiger partial charge in [-0.3, -0.25) is 9.78 Å². The Balaban J connectivity index is 1.85. The molecule has 0 radical (unpaired) electrons. The molecule has 0 unspecified atom stereocenters. The van der Waals surface area contributed by atoms with Crippen LogP contribution in [0.1, 0.15) is 24.8 Å². The molecule has 20 heavy (non-hydrogen) atoms. The number of benzene rings is 1. The van der Waals surface area contributed by atoms with E-state index in [-0.39, 0.29) is 5.91 Å². The zero-order valence-electron chi connectivity index (χ0n) is 11.4. The first-order valence-corrected chi connectivity index (χ1v) is 8.08. The number of para-hydroxylation sites is 1. The molecule has 0 saturated carbocycles. The molecular weight excluding hydrogens is 316 g/mol. The first kappa shape index (κ1) is 15.0. The number of nitrogens with one attached hydrogen (secondary N) is 1. The summed E-state index contributed by atoms with van der Waals surface area (Å²) in [6, 6.07) is 10.2. The second-order valence-corrected chi connectivity index (χ2v) is 5.53. The molecule has 106 valence electrons. The van der Waals surface area contributed by atoms with E-state index < -0.39 is 0 Å². The Morgan fingerprint density at radius 2 is 2.05 bits per heavy atom. The molecule has 0 aliphatic heterocycles. The molecule has 0 atom stereocenters. The lowest BCUT2D eigenvalue weighted by Crippen LogP contribution is -2.25. The van der Waals surface area contributed by atoms with E-state index >= 15 is 0 Å². The van der Waals surface area contributed by atoms with Gasteiger partial charge in [-0.15, -0.1) is 0 Å². The standard InChI is InChI=1S/C16H19BrN2O/c17-10-2-1-8-15(20)18-12-9-14-6-3-5-13-7-4-11-19-16(13)14/h3-7,11H,1-2,8-10,12H2,(H,18,20). The minimum Gasteiger partial charge on any atom is -0.356 e. The van der Waals surface area contributed by atoms with Crippen molar-refractivity contribution in [1.82, 2.24) is 10.3 Å². The predicted octanol–water partition coefficient (Wildman–Crippen LogP) is 3.46. The Morgan fingerprint density at radius 1 is 1.20 bits per heavy atom. The van der Waals surface area contributed by atoms with Crippen LogP contribution < -0.4 is 5.32 Å². The summed E-state index contributed by atoms with van der Waals surface area (Å²) in [7, 11) is 0. The van der Waals surface area contributed by atoms with Crippen LogP contribution in [-0.2, 0) is 11.2 Å². The van der Waals surface area contributed by atoms with Crippen LogP contribution in [0.3, 0.4) is 0 Å². The van der Waals surface area contributed by atoms with Gasteiger partial charge in [0, 0.05) is 29.9 Å². The van der Waals surface area contributed by atoms with Gasteiger partial charge in [0.15, 0.2) is 0 Å². The summed E-state index contributed by atoms with van der Waals surface area (Å²) in [5.74, 6) is 0.138. The Morgan fingerprint density at radius 3 is 2.90 bits per heavy atom. The highest BCUT2D eigenvalue weighted by Crippen LogP contribution is 2.15. The second-order valence-electron chi connectivity index (χ2n) is 4.74. The van der Waals surface area contributed by atoms with E-state index in [0.29, 0.717) is 13.0 Å². The SMILES string of the molecule is O=C(CCCCBr)NCCc1cccc2cccnc12. The average Bonchev–Trinajstić information content (AvgIpc) is 2.48. The van der Waals surface area contributed by atoms with Gasteiger partial charge in [0.1, 0.15) is 0 Å². The van der Waals surface area contributed by atoms with Crippen LogP contribution in [0.4, 0.5) is 0 Å². The predicted molar refractivity (Wildman–Crippen MR) is 86.1 cm³/mol. The summed E-state index contributed by atoms with van der Waals surface area (Å²) < 4.78 is 0. The summed E-state index contributed by atoms with van der Waals surface area (Å²) >= 11 is 3.37. The first-order valence-electron chi connectivity index (χ1n) is 6.96. The molecule has 1 heterocycles. The Bertz CT molecular complexity index is 566. The molecule has 1 aromatic heterocycles. The zero-order chi connectivity index (χ0) is 14.2. The molecule has 1 aromatic carbocycles. The zero-order valence-corrected chi connectivity index (χ0v) is 13.0. The van der Waals surface area contributed by atoms with Crippen molar-refractivity contribution in [2.24, 2.45) is 0 Å². The van der Waals surface area contributed by atoms with Crippen molar-refractivity contribution in [3.63, 3.8) is 0 Å². The molecular formula is C16H19BrN2O. The molecule has 0 spiro atoms. The number of aromatic nitrogens is 1. The molecule has 1 amide bonds. The van der Waals surface area contributed by atoms with Crippen LogP contribution in [-0.4, -0.2) is 22.8 Å². The summed E-state index contributed by atoms with van der Waals surface area (Å²) in [5.41, 5.74) is 2.22. The number of alkyl halides is 1. The number of halogens is 1. The molecule has 0 aliphatic carbocycles. The maximum atomic E-state index is 11.6. The average molecular weight is 335 g/mol. The summed E-state index contributed by atoms with van der Waals surface area (Å²) in [6.07, 6.45) is 5.22. The summed E-state index contributed by atoms with van der Waals surface area (Å²) in [4.78, 5) is 16.1. The highest BCUT2D eigenvalue weighted by atomic mass is 79.9. The third kappa shape index (κ3) is 4.30. The monoisotopic (exact) mass is 334 g/mol. The van der Waals surface area contributed by atoms with Crippen LogP contribution in [0.25, 0.3) is 10.9 Å². The molecule has 2 aromatic rings. The maximum Gasteiger partial charge on any atom is 0.220 e. The number of hydrogen-bond acceptors (Lipinski definition) is 2. The van der Waals surface area contributed by atoms with Crippen molar-refractivity contribution in [3.8, 4) is 0 Å². The van der Waals surface area contributed by atoms with Gasteiger partial charge in [-0.25, -0.2) is 0 Å². The van der Waals surface area contributed by atoms with Gasteiger partial charge in [0.05, 0.1) is 5.52 Å². The van der Waals surface area contributed by atoms with Crippen molar-refractivity contribution in [2.75, 3.05) is 11.9 Å². The number of rotatable bonds is 7. The molecule has 0 bridgehead atoms. The van der Waals surface area contributed by atoms with Gasteiger partial charge in [-0.05, 0) is 30.9 Å². The lowest BCUT2D eigenvalue weighted by Gasteiger charge is -2.07. The van der Waals surface area contributed by atoms with Crippen LogP contribution in [0.2, 0.25) is 0 Å². The van der Waals surface area contributed by atoms with E-state index in [4.69, 9.17) is 0 Å². The Hall–Kier alpha value is -1.42. The lowest BCUT2D eigenvalue weighted by molar-refractivity contribution is -0.121. The number of amides is 1. The van der Waals surface area contributed by atoms with E-state index in [2.05, 4.69) is 44.4 Å². The van der Waals surface area contributed by atoms with Gasteiger partial charge in [0.25, 0.3) is 0 Å². The largest absolute Gasteiger partial charge is 0.356 e. The van der Waals surface area contributed by atoms with Crippen molar-refractivity contribution >= 4 is 32.7 Å². The van der Waals surface area contributed by atoms with Gasteiger partial charge < -0.3 is 5.32 Å². The fourth-order valence-electron chi connectivity index (χ4n) is 2.17. The van der Waals surface area contributed by atoms with Crippen LogP contribution in [0, 0.1) is 0 Å². The molecule has 3 nitrogen and oxygen atoms in total. The van der Waals surface area contributed by atoms with Gasteiger partial charge in [-0.2, -0.15) is 0 Å². The normalized spacial score (nSPS) is 10.7. The van der Waals surface area contributed by atoms with Crippen LogP contribution in [0.15, 0.2) is 36.5 Å². The van der Waals surface area contributed by atoms with Crippen LogP contribution >= 0.6 is 15.9 Å². The number of pyridine rings is 1.